The summed E-state index contributed by atoms with van der Waals surface area (Å²) in [5.41, 5.74) is 3.74. The summed E-state index contributed by atoms with van der Waals surface area (Å²) in [4.78, 5) is 23.5. The molecule has 0 atom stereocenters. The zero-order valence-electron chi connectivity index (χ0n) is 13.3. The minimum atomic E-state index is -0.620. The molecular formula is C18H20N2O3. The predicted octanol–water partition coefficient (Wildman–Crippen LogP) is 3.17. The fourth-order valence-electron chi connectivity index (χ4n) is 2.01. The van der Waals surface area contributed by atoms with Gasteiger partial charge in [-0.2, -0.15) is 0 Å². The van der Waals surface area contributed by atoms with Crippen LogP contribution in [0.3, 0.4) is 0 Å². The first-order valence-corrected chi connectivity index (χ1v) is 7.37. The smallest absolute Gasteiger partial charge is 0.407 e. The number of anilines is 1. The predicted molar refractivity (Wildman–Crippen MR) is 89.2 cm³/mol. The van der Waals surface area contributed by atoms with Crippen LogP contribution in [0.25, 0.3) is 0 Å². The van der Waals surface area contributed by atoms with Gasteiger partial charge in [-0.15, -0.1) is 0 Å². The molecule has 0 saturated heterocycles. The van der Waals surface area contributed by atoms with Crippen molar-refractivity contribution < 1.29 is 14.3 Å². The van der Waals surface area contributed by atoms with Crippen LogP contribution in [0.2, 0.25) is 0 Å². The second-order valence-corrected chi connectivity index (χ2v) is 5.21. The number of carbonyl (C=O) groups excluding carboxylic acids is 2. The molecule has 0 fully saturated rings. The van der Waals surface area contributed by atoms with E-state index >= 15 is 0 Å². The third kappa shape index (κ3) is 5.14. The van der Waals surface area contributed by atoms with Crippen molar-refractivity contribution in [3.8, 4) is 0 Å². The monoisotopic (exact) mass is 312 g/mol. The first-order chi connectivity index (χ1) is 11.1. The first-order valence-electron chi connectivity index (χ1n) is 7.37. The third-order valence-corrected chi connectivity index (χ3v) is 3.48. The van der Waals surface area contributed by atoms with Crippen LogP contribution in [-0.4, -0.2) is 18.5 Å². The molecule has 0 saturated carbocycles. The molecule has 0 heterocycles. The van der Waals surface area contributed by atoms with E-state index < -0.39 is 6.09 Å². The van der Waals surface area contributed by atoms with E-state index in [1.165, 1.54) is 0 Å². The molecule has 0 spiro atoms. The van der Waals surface area contributed by atoms with Gasteiger partial charge in [0.2, 0.25) is 5.91 Å². The van der Waals surface area contributed by atoms with Gasteiger partial charge in [-0.3, -0.25) is 4.79 Å². The largest absolute Gasteiger partial charge is 0.445 e. The molecular weight excluding hydrogens is 292 g/mol. The number of hydrogen-bond donors (Lipinski definition) is 2. The first kappa shape index (κ1) is 16.5. The van der Waals surface area contributed by atoms with E-state index in [1.807, 2.05) is 62.4 Å². The van der Waals surface area contributed by atoms with Gasteiger partial charge in [-0.05, 0) is 36.6 Å². The molecule has 0 aliphatic heterocycles. The summed E-state index contributed by atoms with van der Waals surface area (Å²) < 4.78 is 5.04. The molecule has 2 rings (SSSR count). The number of ether oxygens (including phenoxy) is 1. The molecule has 0 radical (unpaired) electrons. The van der Waals surface area contributed by atoms with Crippen LogP contribution in [-0.2, 0) is 16.1 Å². The summed E-state index contributed by atoms with van der Waals surface area (Å²) in [7, 11) is 0. The van der Waals surface area contributed by atoms with Crippen LogP contribution >= 0.6 is 0 Å². The van der Waals surface area contributed by atoms with E-state index in [0.29, 0.717) is 0 Å². The van der Waals surface area contributed by atoms with Gasteiger partial charge in [-0.25, -0.2) is 4.79 Å². The molecule has 5 heteroatoms. The van der Waals surface area contributed by atoms with Crippen LogP contribution in [0.5, 0.6) is 0 Å². The molecule has 0 aromatic heterocycles. The van der Waals surface area contributed by atoms with Gasteiger partial charge >= 0.3 is 6.09 Å². The molecule has 0 unspecified atom stereocenters. The summed E-state index contributed by atoms with van der Waals surface area (Å²) in [6, 6.07) is 15.0. The van der Waals surface area contributed by atoms with Crippen molar-refractivity contribution in [3.05, 3.63) is 65.2 Å². The molecule has 2 amide bonds. The fourth-order valence-corrected chi connectivity index (χ4v) is 2.01. The lowest BCUT2D eigenvalue weighted by molar-refractivity contribution is -0.115. The summed E-state index contributed by atoms with van der Waals surface area (Å²) in [5, 5.41) is 5.20. The Morgan fingerprint density at radius 2 is 1.74 bits per heavy atom. The highest BCUT2D eigenvalue weighted by molar-refractivity contribution is 5.94. The van der Waals surface area contributed by atoms with Crippen LogP contribution in [0.4, 0.5) is 10.5 Å². The van der Waals surface area contributed by atoms with Crippen molar-refractivity contribution in [2.45, 2.75) is 20.5 Å². The standard InChI is InChI=1S/C18H20N2O3/c1-13-7-6-10-16(14(13)2)20-17(21)11-19-18(22)23-12-15-8-4-3-5-9-15/h3-10H,11-12H2,1-2H3,(H,19,22)(H,20,21). The zero-order chi connectivity index (χ0) is 16.7. The van der Waals surface area contributed by atoms with E-state index in [-0.39, 0.29) is 19.1 Å². The Balaban J connectivity index is 1.75. The lowest BCUT2D eigenvalue weighted by atomic mass is 10.1. The van der Waals surface area contributed by atoms with Crippen LogP contribution in [0.15, 0.2) is 48.5 Å². The van der Waals surface area contributed by atoms with Crippen molar-refractivity contribution in [2.75, 3.05) is 11.9 Å². The van der Waals surface area contributed by atoms with Gasteiger partial charge < -0.3 is 15.4 Å². The van der Waals surface area contributed by atoms with Crippen LogP contribution in [0.1, 0.15) is 16.7 Å². The fraction of sp³-hybridized carbons (Fsp3) is 0.222. The summed E-state index contributed by atoms with van der Waals surface area (Å²) in [6.45, 7) is 3.95. The molecule has 23 heavy (non-hydrogen) atoms. The highest BCUT2D eigenvalue weighted by Crippen LogP contribution is 2.17. The third-order valence-electron chi connectivity index (χ3n) is 3.48. The van der Waals surface area contributed by atoms with Crippen molar-refractivity contribution in [1.29, 1.82) is 0 Å². The topological polar surface area (TPSA) is 67.4 Å². The van der Waals surface area contributed by atoms with E-state index in [0.717, 1.165) is 22.4 Å². The van der Waals surface area contributed by atoms with Crippen molar-refractivity contribution in [3.63, 3.8) is 0 Å². The second-order valence-electron chi connectivity index (χ2n) is 5.21. The van der Waals surface area contributed by atoms with Gasteiger partial charge in [0, 0.05) is 5.69 Å². The van der Waals surface area contributed by atoms with E-state index in [1.54, 1.807) is 0 Å². The van der Waals surface area contributed by atoms with Gasteiger partial charge in [0.25, 0.3) is 0 Å². The Labute approximate surface area is 135 Å². The van der Waals surface area contributed by atoms with E-state index in [9.17, 15) is 9.59 Å². The summed E-state index contributed by atoms with van der Waals surface area (Å²) in [6.07, 6.45) is -0.620. The number of rotatable bonds is 5. The number of amides is 2. The number of aryl methyl sites for hydroxylation is 1. The number of benzene rings is 2. The lowest BCUT2D eigenvalue weighted by Crippen LogP contribution is -2.33. The van der Waals surface area contributed by atoms with E-state index in [4.69, 9.17) is 4.74 Å². The SMILES string of the molecule is Cc1cccc(NC(=O)CNC(=O)OCc2ccccc2)c1C. The van der Waals surface area contributed by atoms with Crippen molar-refractivity contribution >= 4 is 17.7 Å². The molecule has 120 valence electrons. The molecule has 0 aliphatic rings. The number of nitrogens with one attached hydrogen (secondary N) is 2. The van der Waals surface area contributed by atoms with Gasteiger partial charge in [0.05, 0.1) is 0 Å². The average Bonchev–Trinajstić information content (AvgIpc) is 2.56. The highest BCUT2D eigenvalue weighted by Gasteiger charge is 2.08. The maximum absolute atomic E-state index is 11.9. The molecule has 5 nitrogen and oxygen atoms in total. The minimum Gasteiger partial charge on any atom is -0.445 e. The van der Waals surface area contributed by atoms with Crippen molar-refractivity contribution in [1.82, 2.24) is 5.32 Å². The Morgan fingerprint density at radius 1 is 1.00 bits per heavy atom. The zero-order valence-corrected chi connectivity index (χ0v) is 13.3. The van der Waals surface area contributed by atoms with E-state index in [2.05, 4.69) is 10.6 Å². The summed E-state index contributed by atoms with van der Waals surface area (Å²) >= 11 is 0. The number of alkyl carbamates (subject to hydrolysis) is 1. The maximum Gasteiger partial charge on any atom is 0.407 e. The van der Waals surface area contributed by atoms with Gasteiger partial charge in [0.1, 0.15) is 13.2 Å². The molecule has 2 aromatic carbocycles. The maximum atomic E-state index is 11.9. The molecule has 2 aromatic rings. The Hall–Kier alpha value is -2.82. The number of carbonyl (C=O) groups is 2. The Morgan fingerprint density at radius 3 is 2.48 bits per heavy atom. The average molecular weight is 312 g/mol. The summed E-state index contributed by atoms with van der Waals surface area (Å²) in [5.74, 6) is -0.296. The van der Waals surface area contributed by atoms with Crippen molar-refractivity contribution in [2.24, 2.45) is 0 Å². The molecule has 2 N–H and O–H groups in total. The second kappa shape index (κ2) is 7.98. The minimum absolute atomic E-state index is 0.138. The Bertz CT molecular complexity index is 684. The number of hydrogen-bond acceptors (Lipinski definition) is 3. The highest BCUT2D eigenvalue weighted by atomic mass is 16.5. The quantitative estimate of drug-likeness (QED) is 0.891. The van der Waals surface area contributed by atoms with Gasteiger partial charge in [-0.1, -0.05) is 42.5 Å². The lowest BCUT2D eigenvalue weighted by Gasteiger charge is -2.11. The Kier molecular flexibility index (Phi) is 5.74. The molecule has 0 bridgehead atoms. The molecule has 0 aliphatic carbocycles. The van der Waals surface area contributed by atoms with Crippen LogP contribution in [0, 0.1) is 13.8 Å². The van der Waals surface area contributed by atoms with Crippen LogP contribution < -0.4 is 10.6 Å². The van der Waals surface area contributed by atoms with Gasteiger partial charge in [0.15, 0.2) is 0 Å². The normalized spacial score (nSPS) is 10.0.